The van der Waals surface area contributed by atoms with Crippen molar-refractivity contribution >= 4 is 17.9 Å². The Morgan fingerprint density at radius 1 is 0.739 bits per heavy atom. The van der Waals surface area contributed by atoms with E-state index in [4.69, 9.17) is 14.2 Å². The summed E-state index contributed by atoms with van der Waals surface area (Å²) in [5.41, 5.74) is 3.98. The van der Waals surface area contributed by atoms with Crippen molar-refractivity contribution in [1.82, 2.24) is 0 Å². The lowest BCUT2D eigenvalue weighted by atomic mass is 9.80. The number of hydrogen-bond donors (Lipinski definition) is 0. The fourth-order valence-electron chi connectivity index (χ4n) is 5.33. The number of aryl methyl sites for hydroxylation is 2. The van der Waals surface area contributed by atoms with Gasteiger partial charge in [-0.25, -0.2) is 9.59 Å². The van der Waals surface area contributed by atoms with E-state index in [1.165, 1.54) is 7.11 Å². The van der Waals surface area contributed by atoms with Crippen LogP contribution in [0.3, 0.4) is 0 Å². The lowest BCUT2D eigenvalue weighted by Crippen LogP contribution is -2.25. The Hall–Kier alpha value is -5.23. The van der Waals surface area contributed by atoms with E-state index in [1.54, 1.807) is 48.5 Å². The second kappa shape index (κ2) is 16.7. The van der Waals surface area contributed by atoms with Crippen LogP contribution in [-0.2, 0) is 22.4 Å². The van der Waals surface area contributed by atoms with E-state index in [0.717, 1.165) is 16.7 Å². The third-order valence-corrected chi connectivity index (χ3v) is 7.69. The standard InChI is InChI=1S/C40H40O6/c1-5-15-33(34(40(43)44-4)25-22-28(2)3)37-35(45-38(41)31-18-11-7-12-19-31)26-30(24-23-29-16-9-6-10-17-29)27-36(37)46-39(42)32-20-13-8-14-21-32/h5-21,26-27,33-34H,2,22-25H2,1,3-4H3/b15-5+/t33-,34+/m1/s1. The van der Waals surface area contributed by atoms with E-state index in [9.17, 15) is 14.4 Å². The lowest BCUT2D eigenvalue weighted by molar-refractivity contribution is -0.146. The van der Waals surface area contributed by atoms with Crippen LogP contribution >= 0.6 is 0 Å². The van der Waals surface area contributed by atoms with Gasteiger partial charge in [0.15, 0.2) is 0 Å². The van der Waals surface area contributed by atoms with Gasteiger partial charge in [-0.3, -0.25) is 4.79 Å². The van der Waals surface area contributed by atoms with Gasteiger partial charge in [0.05, 0.1) is 24.2 Å². The van der Waals surface area contributed by atoms with Gasteiger partial charge >= 0.3 is 17.9 Å². The molecule has 0 aliphatic heterocycles. The first kappa shape index (κ1) is 33.7. The molecule has 0 bridgehead atoms. The highest BCUT2D eigenvalue weighted by Crippen LogP contribution is 2.44. The zero-order valence-corrected chi connectivity index (χ0v) is 26.6. The first-order chi connectivity index (χ1) is 22.3. The molecule has 4 rings (SSSR count). The van der Waals surface area contributed by atoms with Crippen molar-refractivity contribution in [2.24, 2.45) is 5.92 Å². The van der Waals surface area contributed by atoms with Gasteiger partial charge in [-0.1, -0.05) is 84.5 Å². The number of benzene rings is 4. The molecule has 6 nitrogen and oxygen atoms in total. The molecule has 0 saturated heterocycles. The number of carbonyl (C=O) groups excluding carboxylic acids is 3. The normalized spacial score (nSPS) is 12.2. The molecule has 0 fully saturated rings. The van der Waals surface area contributed by atoms with Crippen molar-refractivity contribution in [2.75, 3.05) is 7.11 Å². The number of hydrogen-bond acceptors (Lipinski definition) is 6. The van der Waals surface area contributed by atoms with Gasteiger partial charge in [-0.2, -0.15) is 0 Å². The van der Waals surface area contributed by atoms with Crippen LogP contribution < -0.4 is 9.47 Å². The number of methoxy groups -OCH3 is 1. The SMILES string of the molecule is C=C(C)CC[C@H](C(=O)OC)[C@@H](/C=C/C)c1c(OC(=O)c2ccccc2)cc(CCc2ccccc2)cc1OC(=O)c1ccccc1. The molecule has 46 heavy (non-hydrogen) atoms. The summed E-state index contributed by atoms with van der Waals surface area (Å²) < 4.78 is 17.5. The Balaban J connectivity index is 1.91. The van der Waals surface area contributed by atoms with Crippen molar-refractivity contribution in [3.05, 3.63) is 155 Å². The Labute approximate surface area is 271 Å². The molecule has 0 aliphatic carbocycles. The van der Waals surface area contributed by atoms with Gasteiger partial charge in [0.1, 0.15) is 11.5 Å². The predicted molar refractivity (Wildman–Crippen MR) is 180 cm³/mol. The zero-order chi connectivity index (χ0) is 32.9. The monoisotopic (exact) mass is 616 g/mol. The summed E-state index contributed by atoms with van der Waals surface area (Å²) >= 11 is 0. The second-order valence-corrected chi connectivity index (χ2v) is 11.2. The largest absolute Gasteiger partial charge is 0.469 e. The van der Waals surface area contributed by atoms with E-state index in [2.05, 4.69) is 6.58 Å². The Bertz CT molecular complexity index is 1580. The first-order valence-electron chi connectivity index (χ1n) is 15.4. The summed E-state index contributed by atoms with van der Waals surface area (Å²) in [7, 11) is 1.35. The Morgan fingerprint density at radius 2 is 1.22 bits per heavy atom. The summed E-state index contributed by atoms with van der Waals surface area (Å²) in [6.45, 7) is 7.77. The third-order valence-electron chi connectivity index (χ3n) is 7.69. The number of ether oxygens (including phenoxy) is 3. The Morgan fingerprint density at radius 3 is 1.67 bits per heavy atom. The average molecular weight is 617 g/mol. The van der Waals surface area contributed by atoms with Crippen molar-refractivity contribution in [3.8, 4) is 11.5 Å². The molecule has 0 heterocycles. The van der Waals surface area contributed by atoms with Crippen LogP contribution in [0.25, 0.3) is 0 Å². The highest BCUT2D eigenvalue weighted by atomic mass is 16.5. The summed E-state index contributed by atoms with van der Waals surface area (Å²) in [6.07, 6.45) is 5.97. The van der Waals surface area contributed by atoms with Crippen LogP contribution in [0.1, 0.15) is 70.0 Å². The molecule has 0 unspecified atom stereocenters. The van der Waals surface area contributed by atoms with Crippen LogP contribution in [0.15, 0.2) is 127 Å². The number of carbonyl (C=O) groups is 3. The van der Waals surface area contributed by atoms with Crippen LogP contribution in [0.2, 0.25) is 0 Å². The van der Waals surface area contributed by atoms with Gasteiger partial charge < -0.3 is 14.2 Å². The third kappa shape index (κ3) is 9.14. The van der Waals surface area contributed by atoms with Crippen molar-refractivity contribution in [1.29, 1.82) is 0 Å². The molecule has 236 valence electrons. The topological polar surface area (TPSA) is 78.9 Å². The molecule has 0 aliphatic rings. The molecule has 0 N–H and O–H groups in total. The molecule has 0 radical (unpaired) electrons. The molecule has 0 amide bonds. The van der Waals surface area contributed by atoms with E-state index in [-0.39, 0.29) is 11.5 Å². The fraction of sp³-hybridized carbons (Fsp3) is 0.225. The van der Waals surface area contributed by atoms with Crippen molar-refractivity contribution in [2.45, 2.75) is 45.4 Å². The molecule has 6 heteroatoms. The van der Waals surface area contributed by atoms with Crippen molar-refractivity contribution < 1.29 is 28.6 Å². The van der Waals surface area contributed by atoms with Gasteiger partial charge in [0.2, 0.25) is 0 Å². The summed E-state index contributed by atoms with van der Waals surface area (Å²) in [6, 6.07) is 31.0. The molecular weight excluding hydrogens is 576 g/mol. The fourth-order valence-corrected chi connectivity index (χ4v) is 5.33. The zero-order valence-electron chi connectivity index (χ0n) is 26.6. The maximum atomic E-state index is 13.5. The molecular formula is C40H40O6. The van der Waals surface area contributed by atoms with E-state index < -0.39 is 29.7 Å². The van der Waals surface area contributed by atoms with E-state index in [0.29, 0.717) is 42.4 Å². The highest BCUT2D eigenvalue weighted by Gasteiger charge is 2.34. The minimum Gasteiger partial charge on any atom is -0.469 e. The smallest absolute Gasteiger partial charge is 0.343 e. The van der Waals surface area contributed by atoms with Crippen LogP contribution in [-0.4, -0.2) is 25.0 Å². The van der Waals surface area contributed by atoms with Crippen LogP contribution in [0.4, 0.5) is 0 Å². The highest BCUT2D eigenvalue weighted by molar-refractivity contribution is 5.93. The van der Waals surface area contributed by atoms with Gasteiger partial charge in [0.25, 0.3) is 0 Å². The lowest BCUT2D eigenvalue weighted by Gasteiger charge is -2.27. The summed E-state index contributed by atoms with van der Waals surface area (Å²) in [4.78, 5) is 40.4. The first-order valence-corrected chi connectivity index (χ1v) is 15.4. The molecule has 0 aromatic heterocycles. The van der Waals surface area contributed by atoms with Gasteiger partial charge in [-0.15, -0.1) is 6.58 Å². The maximum absolute atomic E-state index is 13.5. The maximum Gasteiger partial charge on any atom is 0.343 e. The summed E-state index contributed by atoms with van der Waals surface area (Å²) in [5, 5.41) is 0. The minimum atomic E-state index is -0.684. The molecule has 4 aromatic carbocycles. The van der Waals surface area contributed by atoms with Gasteiger partial charge in [-0.05, 0) is 87.1 Å². The second-order valence-electron chi connectivity index (χ2n) is 11.2. The van der Waals surface area contributed by atoms with E-state index in [1.807, 2.05) is 80.6 Å². The quantitative estimate of drug-likeness (QED) is 0.0801. The Kier molecular flexibility index (Phi) is 12.2. The average Bonchev–Trinajstić information content (AvgIpc) is 3.08. The van der Waals surface area contributed by atoms with Crippen LogP contribution in [0, 0.1) is 5.92 Å². The predicted octanol–water partition coefficient (Wildman–Crippen LogP) is 8.72. The van der Waals surface area contributed by atoms with E-state index >= 15 is 0 Å². The number of allylic oxidation sites excluding steroid dienone is 3. The minimum absolute atomic E-state index is 0.211. The van der Waals surface area contributed by atoms with Crippen LogP contribution in [0.5, 0.6) is 11.5 Å². The number of rotatable bonds is 14. The molecule has 0 spiro atoms. The van der Waals surface area contributed by atoms with Crippen molar-refractivity contribution in [3.63, 3.8) is 0 Å². The molecule has 0 saturated carbocycles. The molecule has 4 aromatic rings. The molecule has 2 atom stereocenters. The summed E-state index contributed by atoms with van der Waals surface area (Å²) in [5.74, 6) is -2.49. The van der Waals surface area contributed by atoms with Gasteiger partial charge in [0, 0.05) is 11.5 Å². The number of esters is 3.